The Kier molecular flexibility index (Phi) is 11.7. The molecule has 24 heavy (non-hydrogen) atoms. The van der Waals surface area contributed by atoms with E-state index in [1.807, 2.05) is 6.07 Å². The predicted molar refractivity (Wildman–Crippen MR) is 91.7 cm³/mol. The number of esters is 1. The predicted octanol–water partition coefficient (Wildman–Crippen LogP) is 1.51. The first-order valence-electron chi connectivity index (χ1n) is 8.13. The summed E-state index contributed by atoms with van der Waals surface area (Å²) in [4.78, 5) is 12.2. The van der Waals surface area contributed by atoms with Crippen LogP contribution in [0.3, 0.4) is 0 Å². The Balaban J connectivity index is 0.00000529. The summed E-state index contributed by atoms with van der Waals surface area (Å²) in [7, 11) is 4.52. The molecular weight excluding hydrogens is 301 g/mol. The minimum atomic E-state index is -0.382. The number of hydrogen-bond donors (Lipinski definition) is 0. The van der Waals surface area contributed by atoms with Crippen molar-refractivity contribution in [3.63, 3.8) is 0 Å². The molecule has 130 valence electrons. The van der Waals surface area contributed by atoms with Crippen LogP contribution in [0.4, 0.5) is 0 Å². The van der Waals surface area contributed by atoms with Gasteiger partial charge in [-0.2, -0.15) is 0 Å². The molecule has 0 aliphatic carbocycles. The van der Waals surface area contributed by atoms with Crippen LogP contribution in [0.2, 0.25) is 0 Å². The van der Waals surface area contributed by atoms with E-state index in [9.17, 15) is 4.79 Å². The van der Waals surface area contributed by atoms with E-state index in [2.05, 4.69) is 13.8 Å². The van der Waals surface area contributed by atoms with Gasteiger partial charge in [-0.3, -0.25) is 0 Å². The van der Waals surface area contributed by atoms with Gasteiger partial charge in [0.05, 0.1) is 26.9 Å². The van der Waals surface area contributed by atoms with Crippen molar-refractivity contribution in [2.45, 2.75) is 45.6 Å². The second-order valence-corrected chi connectivity index (χ2v) is 5.35. The monoisotopic (exact) mass is 329 g/mol. The molecular formula is C18H28LiNO4. The van der Waals surface area contributed by atoms with Crippen molar-refractivity contribution in [2.75, 3.05) is 27.9 Å². The number of carbonyl (C=O) groups is 1. The zero-order chi connectivity index (χ0) is 17.2. The second-order valence-electron chi connectivity index (χ2n) is 5.35. The largest absolute Gasteiger partial charge is 1.00 e. The van der Waals surface area contributed by atoms with Crippen molar-refractivity contribution >= 4 is 5.97 Å². The number of nitrogens with zero attached hydrogens (tertiary/aromatic N) is 1. The normalized spacial score (nSPS) is 11.4. The molecule has 1 aromatic rings. The summed E-state index contributed by atoms with van der Waals surface area (Å²) in [6.07, 6.45) is 4.00. The van der Waals surface area contributed by atoms with Crippen molar-refractivity contribution in [3.8, 4) is 11.5 Å². The Morgan fingerprint density at radius 2 is 1.71 bits per heavy atom. The molecule has 0 aromatic heterocycles. The first-order valence-corrected chi connectivity index (χ1v) is 8.13. The molecule has 0 saturated carbocycles. The van der Waals surface area contributed by atoms with Crippen LogP contribution in [0, 0.1) is 0 Å². The Hall–Kier alpha value is -1.15. The Bertz CT molecular complexity index is 508. The van der Waals surface area contributed by atoms with Gasteiger partial charge in [-0.1, -0.05) is 39.5 Å². The number of hydrogen-bond acceptors (Lipinski definition) is 4. The molecule has 0 amide bonds. The molecule has 0 radical (unpaired) electrons. The fourth-order valence-electron chi connectivity index (χ4n) is 2.48. The average molecular weight is 329 g/mol. The van der Waals surface area contributed by atoms with Crippen LogP contribution >= 0.6 is 0 Å². The van der Waals surface area contributed by atoms with E-state index >= 15 is 0 Å². The number of unbranched alkanes of at least 4 members (excludes halogenated alkanes) is 1. The van der Waals surface area contributed by atoms with Crippen molar-refractivity contribution in [2.24, 2.45) is 0 Å². The molecule has 1 rings (SSSR count). The molecule has 5 nitrogen and oxygen atoms in total. The van der Waals surface area contributed by atoms with Gasteiger partial charge in [0.25, 0.3) is 0 Å². The van der Waals surface area contributed by atoms with Gasteiger partial charge in [-0.05, 0) is 17.7 Å². The number of benzene rings is 1. The molecule has 1 atom stereocenters. The van der Waals surface area contributed by atoms with Gasteiger partial charge < -0.3 is 19.5 Å². The fraction of sp³-hybridized carbons (Fsp3) is 0.611. The van der Waals surface area contributed by atoms with Gasteiger partial charge in [0.2, 0.25) is 0 Å². The topological polar surface area (TPSA) is 58.9 Å². The third kappa shape index (κ3) is 6.05. The summed E-state index contributed by atoms with van der Waals surface area (Å²) in [6.45, 7) is 5.04. The summed E-state index contributed by atoms with van der Waals surface area (Å²) < 4.78 is 15.6. The molecule has 0 aliphatic heterocycles. The van der Waals surface area contributed by atoms with Gasteiger partial charge in [-0.15, -0.1) is 12.6 Å². The van der Waals surface area contributed by atoms with Crippen molar-refractivity contribution < 1.29 is 37.9 Å². The molecule has 0 saturated heterocycles. The minimum Gasteiger partial charge on any atom is -0.656 e. The van der Waals surface area contributed by atoms with Gasteiger partial charge in [0.1, 0.15) is 0 Å². The summed E-state index contributed by atoms with van der Waals surface area (Å²) in [5, 5.41) is 4.78. The molecule has 0 aliphatic rings. The summed E-state index contributed by atoms with van der Waals surface area (Å²) in [5.41, 5.74) is 1.33. The van der Waals surface area contributed by atoms with Crippen LogP contribution in [0.25, 0.3) is 5.32 Å². The van der Waals surface area contributed by atoms with Crippen LogP contribution < -0.4 is 28.3 Å². The summed E-state index contributed by atoms with van der Waals surface area (Å²) in [6, 6.07) is 3.49. The molecule has 1 aromatic carbocycles. The van der Waals surface area contributed by atoms with Crippen LogP contribution in [-0.4, -0.2) is 33.8 Å². The Labute approximate surface area is 157 Å². The maximum Gasteiger partial charge on any atom is 1.00 e. The quantitative estimate of drug-likeness (QED) is 0.371. The van der Waals surface area contributed by atoms with E-state index in [1.165, 1.54) is 7.11 Å². The average Bonchev–Trinajstić information content (AvgIpc) is 2.59. The third-order valence-corrected chi connectivity index (χ3v) is 3.74. The molecule has 0 bridgehead atoms. The van der Waals surface area contributed by atoms with E-state index in [-0.39, 0.29) is 30.9 Å². The van der Waals surface area contributed by atoms with Crippen molar-refractivity contribution in [1.82, 2.24) is 0 Å². The maximum absolute atomic E-state index is 12.2. The Morgan fingerprint density at radius 1 is 1.08 bits per heavy atom. The van der Waals surface area contributed by atoms with E-state index in [0.29, 0.717) is 17.1 Å². The molecule has 1 unspecified atom stereocenters. The van der Waals surface area contributed by atoms with Crippen molar-refractivity contribution in [3.05, 3.63) is 28.6 Å². The maximum atomic E-state index is 12.2. The zero-order valence-corrected chi connectivity index (χ0v) is 15.8. The van der Waals surface area contributed by atoms with Gasteiger partial charge in [0.15, 0.2) is 11.5 Å². The second kappa shape index (κ2) is 12.2. The smallest absolute Gasteiger partial charge is 0.656 e. The van der Waals surface area contributed by atoms with Crippen LogP contribution in [-0.2, 0) is 4.74 Å². The fourth-order valence-corrected chi connectivity index (χ4v) is 2.48. The minimum absolute atomic E-state index is 0. The van der Waals surface area contributed by atoms with Gasteiger partial charge in [0, 0.05) is 0 Å². The first kappa shape index (κ1) is 22.8. The number of carbonyl (C=O) groups excluding carboxylic acids is 1. The van der Waals surface area contributed by atoms with E-state index < -0.39 is 0 Å². The van der Waals surface area contributed by atoms with Crippen molar-refractivity contribution in [1.29, 1.82) is 0 Å². The summed E-state index contributed by atoms with van der Waals surface area (Å²) >= 11 is 0. The Morgan fingerprint density at radius 3 is 2.21 bits per heavy atom. The number of methoxy groups -OCH3 is 3. The van der Waals surface area contributed by atoms with Crippen LogP contribution in [0.15, 0.2) is 12.1 Å². The molecule has 0 spiro atoms. The van der Waals surface area contributed by atoms with E-state index in [4.69, 9.17) is 19.5 Å². The van der Waals surface area contributed by atoms with Gasteiger partial charge >= 0.3 is 24.8 Å². The number of rotatable bonds is 10. The molecule has 0 fully saturated rings. The zero-order valence-electron chi connectivity index (χ0n) is 15.8. The molecule has 6 heteroatoms. The van der Waals surface area contributed by atoms with E-state index in [1.54, 1.807) is 20.3 Å². The number of ether oxygens (including phenoxy) is 3. The molecule has 0 N–H and O–H groups in total. The summed E-state index contributed by atoms with van der Waals surface area (Å²) in [5.74, 6) is 0.732. The van der Waals surface area contributed by atoms with E-state index in [0.717, 1.165) is 37.8 Å². The van der Waals surface area contributed by atoms with Gasteiger partial charge in [-0.25, -0.2) is 4.79 Å². The molecule has 0 heterocycles. The standard InChI is InChI=1S/C18H28NO4.Li/c1-6-8-10-19-15(9-7-2)13-11-16(21-3)17(22-4)12-14(13)18(20)23-5;/h11-12,15H,6-10H2,1-5H3;/q-1;+1. The third-order valence-electron chi connectivity index (χ3n) is 3.74. The SMILES string of the molecule is CCCC[N-]C(CCC)c1cc(OC)c(OC)cc1C(=O)OC.[Li+]. The van der Waals surface area contributed by atoms with Crippen LogP contribution in [0.5, 0.6) is 11.5 Å². The van der Waals surface area contributed by atoms with Crippen LogP contribution in [0.1, 0.15) is 61.5 Å². The first-order chi connectivity index (χ1) is 11.1.